The molecule has 18 heavy (non-hydrogen) atoms. The summed E-state index contributed by atoms with van der Waals surface area (Å²) in [6.07, 6.45) is 6.83. The van der Waals surface area contributed by atoms with E-state index in [0.29, 0.717) is 5.54 Å². The van der Waals surface area contributed by atoms with Gasteiger partial charge in [0.15, 0.2) is 0 Å². The minimum atomic E-state index is 0.366. The molecule has 0 spiro atoms. The molecule has 0 aliphatic heterocycles. The fourth-order valence-electron chi connectivity index (χ4n) is 3.50. The maximum absolute atomic E-state index is 6.16. The van der Waals surface area contributed by atoms with Gasteiger partial charge in [-0.15, -0.1) is 0 Å². The number of rotatable bonds is 7. The maximum atomic E-state index is 6.16. The second kappa shape index (κ2) is 5.50. The zero-order valence-corrected chi connectivity index (χ0v) is 12.8. The van der Waals surface area contributed by atoms with Crippen molar-refractivity contribution in [2.45, 2.75) is 71.4 Å². The van der Waals surface area contributed by atoms with E-state index in [1.807, 2.05) is 0 Å². The molecule has 0 heterocycles. The molecular formula is C16H32N2. The summed E-state index contributed by atoms with van der Waals surface area (Å²) in [5.74, 6) is 2.55. The van der Waals surface area contributed by atoms with Crippen LogP contribution in [-0.4, -0.2) is 29.6 Å². The fraction of sp³-hybridized carbons (Fsp3) is 1.00. The van der Waals surface area contributed by atoms with Gasteiger partial charge in [-0.25, -0.2) is 0 Å². The second-order valence-corrected chi connectivity index (χ2v) is 7.45. The maximum Gasteiger partial charge on any atom is 0.0340 e. The number of nitrogens with two attached hydrogens (primary N) is 1. The lowest BCUT2D eigenvalue weighted by Crippen LogP contribution is -2.63. The van der Waals surface area contributed by atoms with Crippen LogP contribution in [0.3, 0.4) is 0 Å². The number of nitrogens with zero attached hydrogens (tertiary/aromatic N) is 1. The first-order valence-corrected chi connectivity index (χ1v) is 7.95. The lowest BCUT2D eigenvalue weighted by Gasteiger charge is -2.56. The molecule has 2 rings (SSSR count). The molecular weight excluding hydrogens is 220 g/mol. The van der Waals surface area contributed by atoms with Gasteiger partial charge in [0.25, 0.3) is 0 Å². The molecule has 2 nitrogen and oxygen atoms in total. The molecule has 0 aromatic heterocycles. The van der Waals surface area contributed by atoms with Crippen molar-refractivity contribution < 1.29 is 0 Å². The van der Waals surface area contributed by atoms with Gasteiger partial charge in [0.1, 0.15) is 0 Å². The van der Waals surface area contributed by atoms with Gasteiger partial charge >= 0.3 is 0 Å². The Bertz CT molecular complexity index is 262. The van der Waals surface area contributed by atoms with Crippen molar-refractivity contribution in [3.05, 3.63) is 0 Å². The summed E-state index contributed by atoms with van der Waals surface area (Å²) in [4.78, 5) is 2.80. The third kappa shape index (κ3) is 2.91. The van der Waals surface area contributed by atoms with Crippen molar-refractivity contribution in [2.75, 3.05) is 13.1 Å². The van der Waals surface area contributed by atoms with Crippen LogP contribution in [0, 0.1) is 17.8 Å². The highest BCUT2D eigenvalue weighted by atomic mass is 15.3. The summed E-state index contributed by atoms with van der Waals surface area (Å²) in [7, 11) is 0. The molecule has 2 aliphatic rings. The quantitative estimate of drug-likeness (QED) is 0.753. The van der Waals surface area contributed by atoms with Crippen molar-refractivity contribution in [2.24, 2.45) is 23.5 Å². The smallest absolute Gasteiger partial charge is 0.0340 e. The van der Waals surface area contributed by atoms with Crippen LogP contribution in [0.25, 0.3) is 0 Å². The first kappa shape index (κ1) is 14.3. The van der Waals surface area contributed by atoms with E-state index in [-0.39, 0.29) is 0 Å². The minimum Gasteiger partial charge on any atom is -0.329 e. The Labute approximate surface area is 113 Å². The van der Waals surface area contributed by atoms with Gasteiger partial charge in [0.2, 0.25) is 0 Å². The van der Waals surface area contributed by atoms with Crippen LogP contribution in [0.5, 0.6) is 0 Å². The standard InChI is InChI=1S/C16H32N2/c1-12(2)7-8-18(15-5-6-15)16(11-17)9-14(10-16)13(3)4/h12-15H,5-11,17H2,1-4H3. The van der Waals surface area contributed by atoms with Crippen LogP contribution >= 0.6 is 0 Å². The third-order valence-corrected chi connectivity index (χ3v) is 5.15. The Balaban J connectivity index is 1.95. The Morgan fingerprint density at radius 3 is 2.17 bits per heavy atom. The van der Waals surface area contributed by atoms with Crippen LogP contribution in [0.15, 0.2) is 0 Å². The molecule has 0 aromatic carbocycles. The van der Waals surface area contributed by atoms with Gasteiger partial charge in [0.05, 0.1) is 0 Å². The second-order valence-electron chi connectivity index (χ2n) is 7.45. The molecule has 106 valence electrons. The predicted octanol–water partition coefficient (Wildman–Crippen LogP) is 3.26. The van der Waals surface area contributed by atoms with Gasteiger partial charge in [-0.3, -0.25) is 4.90 Å². The average Bonchev–Trinajstić information content (AvgIpc) is 3.04. The van der Waals surface area contributed by atoms with Gasteiger partial charge in [0, 0.05) is 18.1 Å². The van der Waals surface area contributed by atoms with Gasteiger partial charge < -0.3 is 5.73 Å². The Morgan fingerprint density at radius 1 is 1.17 bits per heavy atom. The van der Waals surface area contributed by atoms with Crippen molar-refractivity contribution in [3.8, 4) is 0 Å². The third-order valence-electron chi connectivity index (χ3n) is 5.15. The predicted molar refractivity (Wildman–Crippen MR) is 78.5 cm³/mol. The monoisotopic (exact) mass is 252 g/mol. The van der Waals surface area contributed by atoms with Crippen LogP contribution in [-0.2, 0) is 0 Å². The Kier molecular flexibility index (Phi) is 4.38. The zero-order chi connectivity index (χ0) is 13.3. The van der Waals surface area contributed by atoms with Crippen molar-refractivity contribution in [1.29, 1.82) is 0 Å². The highest BCUT2D eigenvalue weighted by Crippen LogP contribution is 2.49. The van der Waals surface area contributed by atoms with E-state index in [1.165, 1.54) is 38.6 Å². The molecule has 0 radical (unpaired) electrons. The van der Waals surface area contributed by atoms with E-state index in [1.54, 1.807) is 0 Å². The summed E-state index contributed by atoms with van der Waals surface area (Å²) < 4.78 is 0. The largest absolute Gasteiger partial charge is 0.329 e. The zero-order valence-electron chi connectivity index (χ0n) is 12.8. The highest BCUT2D eigenvalue weighted by Gasteiger charge is 2.51. The normalized spacial score (nSPS) is 32.3. The molecule has 0 atom stereocenters. The first-order valence-electron chi connectivity index (χ1n) is 7.95. The van der Waals surface area contributed by atoms with Crippen LogP contribution in [0.2, 0.25) is 0 Å². The molecule has 0 amide bonds. The Morgan fingerprint density at radius 2 is 1.78 bits per heavy atom. The molecule has 2 aliphatic carbocycles. The SMILES string of the molecule is CC(C)CCN(C1CC1)C1(CN)CC(C(C)C)C1. The van der Waals surface area contributed by atoms with Gasteiger partial charge in [-0.2, -0.15) is 0 Å². The summed E-state index contributed by atoms with van der Waals surface area (Å²) in [6, 6.07) is 0.861. The van der Waals surface area contributed by atoms with E-state index in [9.17, 15) is 0 Å². The minimum absolute atomic E-state index is 0.366. The topological polar surface area (TPSA) is 29.3 Å². The van der Waals surface area contributed by atoms with Crippen LogP contribution in [0.1, 0.15) is 59.8 Å². The molecule has 2 fully saturated rings. The van der Waals surface area contributed by atoms with E-state index >= 15 is 0 Å². The molecule has 2 heteroatoms. The summed E-state index contributed by atoms with van der Waals surface area (Å²) >= 11 is 0. The average molecular weight is 252 g/mol. The van der Waals surface area contributed by atoms with Crippen molar-refractivity contribution in [3.63, 3.8) is 0 Å². The fourth-order valence-corrected chi connectivity index (χ4v) is 3.50. The number of hydrogen-bond donors (Lipinski definition) is 1. The van der Waals surface area contributed by atoms with Gasteiger partial charge in [-0.1, -0.05) is 27.7 Å². The van der Waals surface area contributed by atoms with E-state index < -0.39 is 0 Å². The van der Waals surface area contributed by atoms with Crippen molar-refractivity contribution in [1.82, 2.24) is 4.90 Å². The summed E-state index contributed by atoms with van der Waals surface area (Å²) in [5, 5.41) is 0. The van der Waals surface area contributed by atoms with Gasteiger partial charge in [-0.05, 0) is 56.4 Å². The van der Waals surface area contributed by atoms with Crippen LogP contribution < -0.4 is 5.73 Å². The van der Waals surface area contributed by atoms with E-state index in [2.05, 4.69) is 32.6 Å². The lowest BCUT2D eigenvalue weighted by atomic mass is 9.63. The lowest BCUT2D eigenvalue weighted by molar-refractivity contribution is -0.0426. The highest BCUT2D eigenvalue weighted by molar-refractivity contribution is 5.07. The molecule has 2 saturated carbocycles. The van der Waals surface area contributed by atoms with E-state index in [4.69, 9.17) is 5.73 Å². The van der Waals surface area contributed by atoms with Crippen molar-refractivity contribution >= 4 is 0 Å². The summed E-state index contributed by atoms with van der Waals surface area (Å²) in [5.41, 5.74) is 6.53. The van der Waals surface area contributed by atoms with E-state index in [0.717, 1.165) is 30.3 Å². The first-order chi connectivity index (χ1) is 8.48. The number of hydrogen-bond acceptors (Lipinski definition) is 2. The Hall–Kier alpha value is -0.0800. The molecule has 0 bridgehead atoms. The molecule has 0 unspecified atom stereocenters. The van der Waals surface area contributed by atoms with Crippen LogP contribution in [0.4, 0.5) is 0 Å². The molecule has 0 saturated heterocycles. The molecule has 0 aromatic rings. The summed E-state index contributed by atoms with van der Waals surface area (Å²) in [6.45, 7) is 11.5. The molecule has 2 N–H and O–H groups in total.